The summed E-state index contributed by atoms with van der Waals surface area (Å²) in [4.78, 5) is 28.4. The van der Waals surface area contributed by atoms with Gasteiger partial charge in [-0.25, -0.2) is 0 Å². The molecule has 3 aromatic carbocycles. The minimum absolute atomic E-state index is 0.161. The zero-order chi connectivity index (χ0) is 22.4. The van der Waals surface area contributed by atoms with E-state index in [2.05, 4.69) is 0 Å². The molecule has 0 atom stereocenters. The summed E-state index contributed by atoms with van der Waals surface area (Å²) in [6.07, 6.45) is 1.54. The second-order valence-electron chi connectivity index (χ2n) is 8.17. The number of carbonyl (C=O) groups is 2. The monoisotopic (exact) mass is 413 g/mol. The number of hydrogen-bond acceptors (Lipinski definition) is 3. The SMILES string of the molecule is COc1ccc(C(=O)/C=C(\c2ccccc2)N(C(=O)c2ccccc2)C(C)(C)C)cc1. The smallest absolute Gasteiger partial charge is 0.258 e. The van der Waals surface area contributed by atoms with E-state index in [1.807, 2.05) is 69.3 Å². The Hall–Kier alpha value is -3.66. The summed E-state index contributed by atoms with van der Waals surface area (Å²) in [5, 5.41) is 0. The van der Waals surface area contributed by atoms with Crippen molar-refractivity contribution in [2.24, 2.45) is 0 Å². The van der Waals surface area contributed by atoms with Crippen molar-refractivity contribution in [1.29, 1.82) is 0 Å². The minimum atomic E-state index is -0.561. The first-order valence-electron chi connectivity index (χ1n) is 10.2. The van der Waals surface area contributed by atoms with Crippen LogP contribution in [0.3, 0.4) is 0 Å². The number of nitrogens with zero attached hydrogens (tertiary/aromatic N) is 1. The van der Waals surface area contributed by atoms with Crippen LogP contribution in [0.1, 0.15) is 47.1 Å². The van der Waals surface area contributed by atoms with E-state index in [1.54, 1.807) is 54.5 Å². The summed E-state index contributed by atoms with van der Waals surface area (Å²) in [5.41, 5.74) is 1.88. The molecule has 0 aromatic heterocycles. The predicted octanol–water partition coefficient (Wildman–Crippen LogP) is 5.86. The highest BCUT2D eigenvalue weighted by Crippen LogP contribution is 2.30. The maximum atomic E-state index is 13.6. The van der Waals surface area contributed by atoms with Crippen molar-refractivity contribution >= 4 is 17.4 Å². The van der Waals surface area contributed by atoms with Gasteiger partial charge in [-0.15, -0.1) is 0 Å². The average Bonchev–Trinajstić information content (AvgIpc) is 2.78. The fraction of sp³-hybridized carbons (Fsp3) is 0.185. The van der Waals surface area contributed by atoms with E-state index in [4.69, 9.17) is 4.74 Å². The Morgan fingerprint density at radius 1 is 0.742 bits per heavy atom. The van der Waals surface area contributed by atoms with Crippen LogP contribution in [0.4, 0.5) is 0 Å². The standard InChI is InChI=1S/C27H27NO3/c1-27(2,3)28(26(30)22-13-9-6-10-14-22)24(20-11-7-5-8-12-20)19-25(29)21-15-17-23(31-4)18-16-21/h5-19H,1-4H3/b24-19+. The Morgan fingerprint density at radius 3 is 1.74 bits per heavy atom. The van der Waals surface area contributed by atoms with E-state index in [9.17, 15) is 9.59 Å². The number of hydrogen-bond donors (Lipinski definition) is 0. The molecule has 158 valence electrons. The molecule has 1 amide bonds. The molecule has 0 bridgehead atoms. The molecule has 4 nitrogen and oxygen atoms in total. The quantitative estimate of drug-likeness (QED) is 0.376. The number of allylic oxidation sites excluding steroid dienone is 1. The Balaban J connectivity index is 2.12. The van der Waals surface area contributed by atoms with Gasteiger partial charge < -0.3 is 9.64 Å². The van der Waals surface area contributed by atoms with Gasteiger partial charge in [0.15, 0.2) is 5.78 Å². The zero-order valence-electron chi connectivity index (χ0n) is 18.3. The number of ether oxygens (including phenoxy) is 1. The van der Waals surface area contributed by atoms with Crippen LogP contribution < -0.4 is 4.74 Å². The van der Waals surface area contributed by atoms with Gasteiger partial charge in [0.2, 0.25) is 0 Å². The topological polar surface area (TPSA) is 46.6 Å². The van der Waals surface area contributed by atoms with Crippen molar-refractivity contribution in [2.75, 3.05) is 7.11 Å². The molecular formula is C27H27NO3. The molecule has 0 aliphatic heterocycles. The van der Waals surface area contributed by atoms with Crippen LogP contribution in [-0.2, 0) is 0 Å². The van der Waals surface area contributed by atoms with Gasteiger partial charge in [0, 0.05) is 22.7 Å². The molecule has 0 aliphatic carbocycles. The third-order valence-corrected chi connectivity index (χ3v) is 4.85. The van der Waals surface area contributed by atoms with Crippen LogP contribution in [0.25, 0.3) is 5.70 Å². The summed E-state index contributed by atoms with van der Waals surface area (Å²) < 4.78 is 5.18. The van der Waals surface area contributed by atoms with Crippen molar-refractivity contribution in [3.63, 3.8) is 0 Å². The molecule has 0 unspecified atom stereocenters. The molecule has 0 fully saturated rings. The number of methoxy groups -OCH3 is 1. The van der Waals surface area contributed by atoms with E-state index in [0.717, 1.165) is 5.56 Å². The number of rotatable bonds is 6. The van der Waals surface area contributed by atoms with E-state index in [-0.39, 0.29) is 11.7 Å². The minimum Gasteiger partial charge on any atom is -0.497 e. The van der Waals surface area contributed by atoms with Crippen molar-refractivity contribution < 1.29 is 14.3 Å². The molecule has 0 saturated heterocycles. The highest BCUT2D eigenvalue weighted by Gasteiger charge is 2.31. The summed E-state index contributed by atoms with van der Waals surface area (Å²) in [7, 11) is 1.58. The second kappa shape index (κ2) is 9.43. The Labute approximate surface area is 183 Å². The van der Waals surface area contributed by atoms with Gasteiger partial charge >= 0.3 is 0 Å². The van der Waals surface area contributed by atoms with Gasteiger partial charge in [-0.2, -0.15) is 0 Å². The maximum Gasteiger partial charge on any atom is 0.258 e. The first kappa shape index (κ1) is 22.0. The molecule has 0 N–H and O–H groups in total. The number of benzene rings is 3. The van der Waals surface area contributed by atoms with Crippen molar-refractivity contribution in [3.05, 3.63) is 108 Å². The van der Waals surface area contributed by atoms with Crippen LogP contribution in [0.5, 0.6) is 5.75 Å². The summed E-state index contributed by atoms with van der Waals surface area (Å²) in [6.45, 7) is 5.88. The molecule has 0 heterocycles. The van der Waals surface area contributed by atoms with Crippen LogP contribution in [0.15, 0.2) is 91.0 Å². The van der Waals surface area contributed by atoms with Gasteiger partial charge in [0.25, 0.3) is 5.91 Å². The summed E-state index contributed by atoms with van der Waals surface area (Å²) >= 11 is 0. The molecule has 0 aliphatic rings. The predicted molar refractivity (Wildman–Crippen MR) is 124 cm³/mol. The summed E-state index contributed by atoms with van der Waals surface area (Å²) in [5.74, 6) is 0.335. The van der Waals surface area contributed by atoms with Crippen molar-refractivity contribution in [3.8, 4) is 5.75 Å². The van der Waals surface area contributed by atoms with Gasteiger partial charge in [0.1, 0.15) is 5.75 Å². The fourth-order valence-corrected chi connectivity index (χ4v) is 3.33. The highest BCUT2D eigenvalue weighted by atomic mass is 16.5. The molecule has 0 saturated carbocycles. The third-order valence-electron chi connectivity index (χ3n) is 4.85. The Bertz CT molecular complexity index is 1060. The summed E-state index contributed by atoms with van der Waals surface area (Å²) in [6, 6.07) is 25.6. The van der Waals surface area contributed by atoms with Crippen LogP contribution in [-0.4, -0.2) is 29.2 Å². The molecule has 3 aromatic rings. The van der Waals surface area contributed by atoms with E-state index >= 15 is 0 Å². The molecule has 0 spiro atoms. The second-order valence-corrected chi connectivity index (χ2v) is 8.17. The van der Waals surface area contributed by atoms with E-state index in [0.29, 0.717) is 22.6 Å². The number of carbonyl (C=O) groups excluding carboxylic acids is 2. The van der Waals surface area contributed by atoms with Crippen LogP contribution in [0.2, 0.25) is 0 Å². The fourth-order valence-electron chi connectivity index (χ4n) is 3.33. The lowest BCUT2D eigenvalue weighted by Crippen LogP contribution is -2.44. The van der Waals surface area contributed by atoms with Gasteiger partial charge in [-0.05, 0) is 62.7 Å². The molecule has 31 heavy (non-hydrogen) atoms. The first-order chi connectivity index (χ1) is 14.8. The average molecular weight is 414 g/mol. The maximum absolute atomic E-state index is 13.6. The molecule has 3 rings (SSSR count). The number of amides is 1. The lowest BCUT2D eigenvalue weighted by molar-refractivity contribution is 0.0728. The van der Waals surface area contributed by atoms with Gasteiger partial charge in [-0.3, -0.25) is 9.59 Å². The molecule has 0 radical (unpaired) electrons. The van der Waals surface area contributed by atoms with E-state index in [1.165, 1.54) is 0 Å². The van der Waals surface area contributed by atoms with Gasteiger partial charge in [0.05, 0.1) is 12.8 Å². The van der Waals surface area contributed by atoms with E-state index < -0.39 is 5.54 Å². The first-order valence-corrected chi connectivity index (χ1v) is 10.2. The zero-order valence-corrected chi connectivity index (χ0v) is 18.3. The molecular weight excluding hydrogens is 386 g/mol. The van der Waals surface area contributed by atoms with Crippen LogP contribution in [0, 0.1) is 0 Å². The normalized spacial score (nSPS) is 11.7. The largest absolute Gasteiger partial charge is 0.497 e. The van der Waals surface area contributed by atoms with Gasteiger partial charge in [-0.1, -0.05) is 48.5 Å². The van der Waals surface area contributed by atoms with Crippen molar-refractivity contribution in [2.45, 2.75) is 26.3 Å². The lowest BCUT2D eigenvalue weighted by Gasteiger charge is -2.37. The highest BCUT2D eigenvalue weighted by molar-refractivity contribution is 6.11. The molecule has 4 heteroatoms. The Morgan fingerprint density at radius 2 is 1.26 bits per heavy atom. The Kier molecular flexibility index (Phi) is 6.71. The van der Waals surface area contributed by atoms with Crippen molar-refractivity contribution in [1.82, 2.24) is 4.90 Å². The number of ketones is 1. The van der Waals surface area contributed by atoms with Crippen LogP contribution >= 0.6 is 0 Å². The lowest BCUT2D eigenvalue weighted by atomic mass is 9.98. The third kappa shape index (κ3) is 5.28.